The lowest BCUT2D eigenvalue weighted by Gasteiger charge is -2.21. The van der Waals surface area contributed by atoms with Crippen LogP contribution in [-0.4, -0.2) is 16.8 Å². The summed E-state index contributed by atoms with van der Waals surface area (Å²) in [5.41, 5.74) is 1.05. The maximum Gasteiger partial charge on any atom is 0.229 e. The summed E-state index contributed by atoms with van der Waals surface area (Å²) in [7, 11) is 0. The van der Waals surface area contributed by atoms with Gasteiger partial charge in [-0.05, 0) is 42.0 Å². The number of nitriles is 1. The highest BCUT2D eigenvalue weighted by atomic mass is 35.5. The molecule has 1 aromatic heterocycles. The van der Waals surface area contributed by atoms with Crippen molar-refractivity contribution in [2.75, 3.05) is 10.2 Å². The first-order valence-corrected chi connectivity index (χ1v) is 9.74. The SMILES string of the molecule is CC(=O)N(c1cc(F)cc(C#N)c1)c1cc(NC(=O)Cc2c(Cl)cccc2Cl)ccn1. The molecule has 9 heteroatoms. The Bertz CT molecular complexity index is 1190. The number of carbonyl (C=O) groups excluding carboxylic acids is 2. The van der Waals surface area contributed by atoms with Gasteiger partial charge in [0.05, 0.1) is 23.7 Å². The van der Waals surface area contributed by atoms with Gasteiger partial charge in [-0.3, -0.25) is 14.5 Å². The molecule has 6 nitrogen and oxygen atoms in total. The largest absolute Gasteiger partial charge is 0.326 e. The van der Waals surface area contributed by atoms with Crippen LogP contribution in [-0.2, 0) is 16.0 Å². The minimum atomic E-state index is -0.665. The Morgan fingerprint density at radius 2 is 1.87 bits per heavy atom. The molecule has 0 aliphatic rings. The number of nitrogens with zero attached hydrogens (tertiary/aromatic N) is 3. The van der Waals surface area contributed by atoms with Crippen LogP contribution in [0.3, 0.4) is 0 Å². The molecule has 2 aromatic carbocycles. The van der Waals surface area contributed by atoms with Gasteiger partial charge in [-0.1, -0.05) is 29.3 Å². The number of hydrogen-bond donors (Lipinski definition) is 1. The van der Waals surface area contributed by atoms with Gasteiger partial charge in [0, 0.05) is 34.9 Å². The van der Waals surface area contributed by atoms with E-state index in [-0.39, 0.29) is 29.4 Å². The number of halogens is 3. The zero-order valence-corrected chi connectivity index (χ0v) is 17.7. The fourth-order valence-electron chi connectivity index (χ4n) is 2.93. The molecule has 3 aromatic rings. The Morgan fingerprint density at radius 1 is 1.16 bits per heavy atom. The maximum atomic E-state index is 13.9. The normalized spacial score (nSPS) is 10.3. The van der Waals surface area contributed by atoms with E-state index in [2.05, 4.69) is 10.3 Å². The number of anilines is 3. The summed E-state index contributed by atoms with van der Waals surface area (Å²) in [6.07, 6.45) is 1.34. The average molecular weight is 457 g/mol. The van der Waals surface area contributed by atoms with Crippen molar-refractivity contribution in [2.45, 2.75) is 13.3 Å². The predicted octanol–water partition coefficient (Wildman–Crippen LogP) is 5.26. The second-order valence-corrected chi connectivity index (χ2v) is 7.31. The van der Waals surface area contributed by atoms with Crippen LogP contribution in [0.1, 0.15) is 18.1 Å². The monoisotopic (exact) mass is 456 g/mol. The first-order chi connectivity index (χ1) is 14.8. The second-order valence-electron chi connectivity index (χ2n) is 6.49. The fourth-order valence-corrected chi connectivity index (χ4v) is 3.46. The van der Waals surface area contributed by atoms with E-state index in [0.29, 0.717) is 21.3 Å². The number of rotatable bonds is 5. The molecule has 0 spiro atoms. The highest BCUT2D eigenvalue weighted by Gasteiger charge is 2.18. The van der Waals surface area contributed by atoms with Crippen molar-refractivity contribution >= 4 is 52.2 Å². The quantitative estimate of drug-likeness (QED) is 0.566. The molecule has 1 N–H and O–H groups in total. The number of amides is 2. The molecule has 1 heterocycles. The molecule has 0 saturated heterocycles. The van der Waals surface area contributed by atoms with Gasteiger partial charge in [0.1, 0.15) is 11.6 Å². The third-order valence-corrected chi connectivity index (χ3v) is 4.95. The summed E-state index contributed by atoms with van der Waals surface area (Å²) >= 11 is 12.2. The summed E-state index contributed by atoms with van der Waals surface area (Å²) < 4.78 is 13.9. The molecule has 0 atom stereocenters. The van der Waals surface area contributed by atoms with E-state index >= 15 is 0 Å². The van der Waals surface area contributed by atoms with Crippen molar-refractivity contribution in [3.63, 3.8) is 0 Å². The van der Waals surface area contributed by atoms with Gasteiger partial charge in [0.2, 0.25) is 11.8 Å². The maximum absolute atomic E-state index is 13.9. The molecule has 2 amide bonds. The molecule has 0 aliphatic heterocycles. The number of nitrogens with one attached hydrogen (secondary N) is 1. The van der Waals surface area contributed by atoms with E-state index in [1.807, 2.05) is 6.07 Å². The van der Waals surface area contributed by atoms with Gasteiger partial charge in [-0.15, -0.1) is 0 Å². The molecule has 31 heavy (non-hydrogen) atoms. The van der Waals surface area contributed by atoms with Gasteiger partial charge in [-0.2, -0.15) is 5.26 Å². The zero-order chi connectivity index (χ0) is 22.5. The first kappa shape index (κ1) is 22.2. The van der Waals surface area contributed by atoms with E-state index in [0.717, 1.165) is 17.0 Å². The lowest BCUT2D eigenvalue weighted by molar-refractivity contribution is -0.116. The van der Waals surface area contributed by atoms with Crippen molar-refractivity contribution < 1.29 is 14.0 Å². The van der Waals surface area contributed by atoms with E-state index in [1.165, 1.54) is 25.3 Å². The van der Waals surface area contributed by atoms with Gasteiger partial charge >= 0.3 is 0 Å². The number of carbonyl (C=O) groups is 2. The van der Waals surface area contributed by atoms with Crippen LogP contribution in [0, 0.1) is 17.1 Å². The fraction of sp³-hybridized carbons (Fsp3) is 0.0909. The topological polar surface area (TPSA) is 86.1 Å². The van der Waals surface area contributed by atoms with Gasteiger partial charge < -0.3 is 5.32 Å². The highest BCUT2D eigenvalue weighted by molar-refractivity contribution is 6.36. The minimum absolute atomic E-state index is 0.0536. The molecule has 0 saturated carbocycles. The minimum Gasteiger partial charge on any atom is -0.326 e. The Balaban J connectivity index is 1.87. The number of pyridine rings is 1. The lowest BCUT2D eigenvalue weighted by Crippen LogP contribution is -2.24. The zero-order valence-electron chi connectivity index (χ0n) is 16.2. The van der Waals surface area contributed by atoms with Crippen molar-refractivity contribution in [1.29, 1.82) is 5.26 Å². The van der Waals surface area contributed by atoms with E-state index in [4.69, 9.17) is 28.5 Å². The van der Waals surface area contributed by atoms with Crippen LogP contribution in [0.2, 0.25) is 10.0 Å². The number of hydrogen-bond acceptors (Lipinski definition) is 4. The summed E-state index contributed by atoms with van der Waals surface area (Å²) in [4.78, 5) is 30.0. The summed E-state index contributed by atoms with van der Waals surface area (Å²) in [6.45, 7) is 1.28. The molecular weight excluding hydrogens is 442 g/mol. The molecular formula is C22H15Cl2FN4O2. The summed E-state index contributed by atoms with van der Waals surface area (Å²) in [6, 6.07) is 13.4. The van der Waals surface area contributed by atoms with Crippen molar-refractivity contribution in [1.82, 2.24) is 4.98 Å². The van der Waals surface area contributed by atoms with E-state index in [1.54, 1.807) is 24.3 Å². The Labute approximate surface area is 187 Å². The van der Waals surface area contributed by atoms with Crippen LogP contribution in [0.4, 0.5) is 21.6 Å². The van der Waals surface area contributed by atoms with E-state index in [9.17, 15) is 14.0 Å². The van der Waals surface area contributed by atoms with Gasteiger partial charge in [0.25, 0.3) is 0 Å². The van der Waals surface area contributed by atoms with Crippen molar-refractivity contribution in [2.24, 2.45) is 0 Å². The molecule has 3 rings (SSSR count). The first-order valence-electron chi connectivity index (χ1n) is 8.98. The van der Waals surface area contributed by atoms with Crippen LogP contribution >= 0.6 is 23.2 Å². The molecule has 156 valence electrons. The van der Waals surface area contributed by atoms with Crippen LogP contribution in [0.15, 0.2) is 54.7 Å². The molecule has 0 bridgehead atoms. The number of aromatic nitrogens is 1. The Hall–Kier alpha value is -3.47. The van der Waals surface area contributed by atoms with E-state index < -0.39 is 11.7 Å². The molecule has 0 aliphatic carbocycles. The molecule has 0 unspecified atom stereocenters. The van der Waals surface area contributed by atoms with Gasteiger partial charge in [-0.25, -0.2) is 9.37 Å². The standard InChI is InChI=1S/C22H15Cl2FN4O2/c1-13(30)29(17-8-14(12-26)7-15(25)9-17)21-10-16(5-6-27-21)28-22(31)11-18-19(23)3-2-4-20(18)24/h2-10H,11H2,1H3,(H,27,28,31). The lowest BCUT2D eigenvalue weighted by atomic mass is 10.1. The third-order valence-electron chi connectivity index (χ3n) is 4.24. The predicted molar refractivity (Wildman–Crippen MR) is 117 cm³/mol. The highest BCUT2D eigenvalue weighted by Crippen LogP contribution is 2.28. The van der Waals surface area contributed by atoms with Crippen LogP contribution in [0.5, 0.6) is 0 Å². The number of benzene rings is 2. The van der Waals surface area contributed by atoms with Crippen LogP contribution in [0.25, 0.3) is 0 Å². The Kier molecular flexibility index (Phi) is 6.85. The second kappa shape index (κ2) is 9.56. The average Bonchev–Trinajstić information content (AvgIpc) is 2.70. The van der Waals surface area contributed by atoms with Gasteiger partial charge in [0.15, 0.2) is 0 Å². The smallest absolute Gasteiger partial charge is 0.229 e. The van der Waals surface area contributed by atoms with Crippen LogP contribution < -0.4 is 10.2 Å². The summed E-state index contributed by atoms with van der Waals surface area (Å²) in [5.74, 6) is -1.34. The Morgan fingerprint density at radius 3 is 2.52 bits per heavy atom. The third kappa shape index (κ3) is 5.37. The van der Waals surface area contributed by atoms with Crippen molar-refractivity contribution in [3.8, 4) is 6.07 Å². The summed E-state index contributed by atoms with van der Waals surface area (Å²) in [5, 5.41) is 12.5. The molecule has 0 radical (unpaired) electrons. The molecule has 0 fully saturated rings. The van der Waals surface area contributed by atoms with Crippen molar-refractivity contribution in [3.05, 3.63) is 81.7 Å².